The van der Waals surface area contributed by atoms with Crippen molar-refractivity contribution in [2.24, 2.45) is 0 Å². The molecule has 2 aliphatic rings. The molecule has 1 aliphatic carbocycles. The summed E-state index contributed by atoms with van der Waals surface area (Å²) in [5, 5.41) is 0.684. The SMILES string of the molecule is CN(C)c1cc(N(C2CC2)C2CCN(c3ccc(Cl)cn3)CC2)ncn1. The van der Waals surface area contributed by atoms with E-state index in [0.29, 0.717) is 17.1 Å². The summed E-state index contributed by atoms with van der Waals surface area (Å²) < 4.78 is 0. The van der Waals surface area contributed by atoms with Gasteiger partial charge in [-0.05, 0) is 37.8 Å². The van der Waals surface area contributed by atoms with Crippen LogP contribution in [0.1, 0.15) is 25.7 Å². The van der Waals surface area contributed by atoms with Crippen LogP contribution in [0.4, 0.5) is 17.5 Å². The molecule has 2 fully saturated rings. The van der Waals surface area contributed by atoms with Crippen LogP contribution >= 0.6 is 11.6 Å². The van der Waals surface area contributed by atoms with E-state index in [1.807, 2.05) is 31.1 Å². The first-order valence-corrected chi connectivity index (χ1v) is 9.64. The first kappa shape index (κ1) is 17.3. The lowest BCUT2D eigenvalue weighted by Crippen LogP contribution is -2.46. The van der Waals surface area contributed by atoms with E-state index in [1.54, 1.807) is 12.5 Å². The van der Waals surface area contributed by atoms with Crippen LogP contribution in [-0.4, -0.2) is 54.2 Å². The van der Waals surface area contributed by atoms with Crippen molar-refractivity contribution in [3.63, 3.8) is 0 Å². The van der Waals surface area contributed by atoms with Crippen molar-refractivity contribution in [1.29, 1.82) is 0 Å². The minimum absolute atomic E-state index is 0.524. The van der Waals surface area contributed by atoms with Crippen molar-refractivity contribution in [2.45, 2.75) is 37.8 Å². The Balaban J connectivity index is 1.47. The van der Waals surface area contributed by atoms with Gasteiger partial charge in [0.25, 0.3) is 0 Å². The first-order valence-electron chi connectivity index (χ1n) is 9.26. The van der Waals surface area contributed by atoms with Gasteiger partial charge in [-0.3, -0.25) is 0 Å². The van der Waals surface area contributed by atoms with Gasteiger partial charge in [0.15, 0.2) is 0 Å². The van der Waals surface area contributed by atoms with Gasteiger partial charge in [0.2, 0.25) is 0 Å². The second kappa shape index (κ2) is 7.27. The van der Waals surface area contributed by atoms with Crippen LogP contribution in [0.25, 0.3) is 0 Å². The van der Waals surface area contributed by atoms with Crippen LogP contribution in [0.15, 0.2) is 30.7 Å². The fraction of sp³-hybridized carbons (Fsp3) is 0.526. The second-order valence-electron chi connectivity index (χ2n) is 7.32. The summed E-state index contributed by atoms with van der Waals surface area (Å²) in [4.78, 5) is 20.3. The number of pyridine rings is 1. The van der Waals surface area contributed by atoms with Gasteiger partial charge in [-0.15, -0.1) is 0 Å². The predicted molar refractivity (Wildman–Crippen MR) is 106 cm³/mol. The molecule has 6 nitrogen and oxygen atoms in total. The van der Waals surface area contributed by atoms with Gasteiger partial charge >= 0.3 is 0 Å². The fourth-order valence-corrected chi connectivity index (χ4v) is 3.79. The summed E-state index contributed by atoms with van der Waals surface area (Å²) in [6.45, 7) is 2.02. The standard InChI is InChI=1S/C19H25ClN6/c1-24(2)18-11-19(23-13-22-18)26(15-4-5-15)16-7-9-25(10-8-16)17-6-3-14(20)12-21-17/h3,6,11-13,15-16H,4-5,7-10H2,1-2H3. The third-order valence-corrected chi connectivity index (χ3v) is 5.42. The Hall–Kier alpha value is -2.08. The van der Waals surface area contributed by atoms with Gasteiger partial charge in [-0.1, -0.05) is 11.6 Å². The highest BCUT2D eigenvalue weighted by Gasteiger charge is 2.36. The van der Waals surface area contributed by atoms with Gasteiger partial charge in [-0.2, -0.15) is 0 Å². The normalized spacial score (nSPS) is 18.0. The molecule has 26 heavy (non-hydrogen) atoms. The number of halogens is 1. The topological polar surface area (TPSA) is 48.4 Å². The summed E-state index contributed by atoms with van der Waals surface area (Å²) in [6.07, 6.45) is 8.17. The Morgan fingerprint density at radius 1 is 0.962 bits per heavy atom. The molecule has 1 saturated carbocycles. The summed E-state index contributed by atoms with van der Waals surface area (Å²) in [5.41, 5.74) is 0. The Morgan fingerprint density at radius 3 is 2.27 bits per heavy atom. The molecule has 3 heterocycles. The zero-order valence-electron chi connectivity index (χ0n) is 15.3. The molecule has 0 unspecified atom stereocenters. The van der Waals surface area contributed by atoms with Crippen LogP contribution in [0.3, 0.4) is 0 Å². The Bertz CT molecular complexity index is 738. The molecule has 0 amide bonds. The number of hydrogen-bond acceptors (Lipinski definition) is 6. The molecule has 138 valence electrons. The molecule has 4 rings (SSSR count). The van der Waals surface area contributed by atoms with Crippen LogP contribution < -0.4 is 14.7 Å². The molecular weight excluding hydrogens is 348 g/mol. The third-order valence-electron chi connectivity index (χ3n) is 5.19. The molecule has 2 aromatic heterocycles. The number of hydrogen-bond donors (Lipinski definition) is 0. The molecule has 0 spiro atoms. The highest BCUT2D eigenvalue weighted by Crippen LogP contribution is 2.36. The molecule has 0 atom stereocenters. The lowest BCUT2D eigenvalue weighted by atomic mass is 10.0. The van der Waals surface area contributed by atoms with E-state index < -0.39 is 0 Å². The quantitative estimate of drug-likeness (QED) is 0.803. The van der Waals surface area contributed by atoms with Gasteiger partial charge in [-0.25, -0.2) is 15.0 Å². The molecule has 0 radical (unpaired) electrons. The maximum atomic E-state index is 5.96. The van der Waals surface area contributed by atoms with Crippen molar-refractivity contribution >= 4 is 29.1 Å². The smallest absolute Gasteiger partial charge is 0.134 e. The first-order chi connectivity index (χ1) is 12.6. The van der Waals surface area contributed by atoms with E-state index in [1.165, 1.54) is 12.8 Å². The van der Waals surface area contributed by atoms with Gasteiger partial charge in [0.1, 0.15) is 23.8 Å². The van der Waals surface area contributed by atoms with E-state index in [-0.39, 0.29) is 0 Å². The van der Waals surface area contributed by atoms with Crippen LogP contribution in [-0.2, 0) is 0 Å². The molecule has 0 bridgehead atoms. The summed E-state index contributed by atoms with van der Waals surface area (Å²) in [7, 11) is 4.04. The molecule has 0 N–H and O–H groups in total. The van der Waals surface area contributed by atoms with Crippen molar-refractivity contribution in [1.82, 2.24) is 15.0 Å². The zero-order chi connectivity index (χ0) is 18.1. The maximum Gasteiger partial charge on any atom is 0.134 e. The third kappa shape index (κ3) is 3.70. The number of piperidine rings is 1. The monoisotopic (exact) mass is 372 g/mol. The van der Waals surface area contributed by atoms with E-state index in [0.717, 1.165) is 43.4 Å². The van der Waals surface area contributed by atoms with Gasteiger partial charge in [0, 0.05) is 51.5 Å². The van der Waals surface area contributed by atoms with Crippen LogP contribution in [0, 0.1) is 0 Å². The summed E-state index contributed by atoms with van der Waals surface area (Å²) >= 11 is 5.96. The molecule has 0 aromatic carbocycles. The van der Waals surface area contributed by atoms with Crippen molar-refractivity contribution < 1.29 is 0 Å². The van der Waals surface area contributed by atoms with Crippen LogP contribution in [0.5, 0.6) is 0 Å². The Morgan fingerprint density at radius 2 is 1.65 bits per heavy atom. The molecule has 1 saturated heterocycles. The van der Waals surface area contributed by atoms with E-state index in [2.05, 4.69) is 30.8 Å². The van der Waals surface area contributed by atoms with Gasteiger partial charge in [0.05, 0.1) is 5.02 Å². The number of rotatable bonds is 5. The zero-order valence-corrected chi connectivity index (χ0v) is 16.1. The van der Waals surface area contributed by atoms with Crippen LogP contribution in [0.2, 0.25) is 5.02 Å². The Labute approximate surface area is 159 Å². The number of anilines is 3. The minimum atomic E-state index is 0.524. The van der Waals surface area contributed by atoms with Crippen molar-refractivity contribution in [2.75, 3.05) is 41.9 Å². The number of nitrogens with zero attached hydrogens (tertiary/aromatic N) is 6. The highest BCUT2D eigenvalue weighted by molar-refractivity contribution is 6.30. The van der Waals surface area contributed by atoms with E-state index in [9.17, 15) is 0 Å². The lowest BCUT2D eigenvalue weighted by molar-refractivity contribution is 0.457. The molecular formula is C19H25ClN6. The lowest BCUT2D eigenvalue weighted by Gasteiger charge is -2.40. The molecule has 1 aliphatic heterocycles. The van der Waals surface area contributed by atoms with Crippen molar-refractivity contribution in [3.8, 4) is 0 Å². The fourth-order valence-electron chi connectivity index (χ4n) is 3.68. The van der Waals surface area contributed by atoms with Gasteiger partial charge < -0.3 is 14.7 Å². The maximum absolute atomic E-state index is 5.96. The second-order valence-corrected chi connectivity index (χ2v) is 7.76. The average molecular weight is 373 g/mol. The van der Waals surface area contributed by atoms with E-state index in [4.69, 9.17) is 11.6 Å². The molecule has 2 aromatic rings. The Kier molecular flexibility index (Phi) is 4.85. The average Bonchev–Trinajstić information content (AvgIpc) is 3.48. The summed E-state index contributed by atoms with van der Waals surface area (Å²) in [5.74, 6) is 3.04. The minimum Gasteiger partial charge on any atom is -0.363 e. The predicted octanol–water partition coefficient (Wildman–Crippen LogP) is 3.23. The molecule has 7 heteroatoms. The highest BCUT2D eigenvalue weighted by atomic mass is 35.5. The largest absolute Gasteiger partial charge is 0.363 e. The summed E-state index contributed by atoms with van der Waals surface area (Å²) in [6, 6.07) is 7.19. The van der Waals surface area contributed by atoms with Crippen molar-refractivity contribution in [3.05, 3.63) is 35.7 Å². The van der Waals surface area contributed by atoms with E-state index >= 15 is 0 Å². The number of aromatic nitrogens is 3.